The third-order valence-corrected chi connectivity index (χ3v) is 6.53. The first-order valence-corrected chi connectivity index (χ1v) is 10.8. The number of carbonyl (C=O) groups excluding carboxylic acids is 2. The molecular formula is C20H24N4O4S. The van der Waals surface area contributed by atoms with Crippen LogP contribution >= 0.6 is 0 Å². The van der Waals surface area contributed by atoms with Crippen molar-refractivity contribution in [2.75, 3.05) is 18.4 Å². The predicted molar refractivity (Wildman–Crippen MR) is 110 cm³/mol. The molecule has 1 aliphatic heterocycles. The fraction of sp³-hybridized carbons (Fsp3) is 0.300. The zero-order valence-electron chi connectivity index (χ0n) is 16.0. The third-order valence-electron chi connectivity index (χ3n) is 4.61. The van der Waals surface area contributed by atoms with Crippen molar-refractivity contribution in [3.05, 3.63) is 60.7 Å². The summed E-state index contributed by atoms with van der Waals surface area (Å²) in [4.78, 5) is 24.6. The van der Waals surface area contributed by atoms with E-state index < -0.39 is 16.1 Å². The highest BCUT2D eigenvalue weighted by atomic mass is 32.2. The maximum Gasteiger partial charge on any atom is 0.319 e. The van der Waals surface area contributed by atoms with Crippen molar-refractivity contribution in [3.63, 3.8) is 0 Å². The molecular weight excluding hydrogens is 392 g/mol. The van der Waals surface area contributed by atoms with Crippen LogP contribution in [0.4, 0.5) is 10.5 Å². The topological polar surface area (TPSA) is 108 Å². The molecule has 1 saturated heterocycles. The summed E-state index contributed by atoms with van der Waals surface area (Å²) in [7, 11) is -3.70. The standard InChI is InChI=1S/C20H24N4O4S/c1-15(14-21-20(26)23-16-8-4-2-5-9-16)22-19(25)18-12-13-24(18)29(27,28)17-10-6-3-7-11-17/h2-11,15,18H,12-14H2,1H3,(H,22,25)(H2,21,23,26). The van der Waals surface area contributed by atoms with Crippen molar-refractivity contribution in [1.82, 2.24) is 14.9 Å². The highest BCUT2D eigenvalue weighted by Gasteiger charge is 2.42. The van der Waals surface area contributed by atoms with E-state index in [1.165, 1.54) is 16.4 Å². The smallest absolute Gasteiger partial charge is 0.319 e. The SMILES string of the molecule is CC(CNC(=O)Nc1ccccc1)NC(=O)C1CCN1S(=O)(=O)c1ccccc1. The molecule has 0 aliphatic carbocycles. The number of anilines is 1. The molecule has 1 aliphatic rings. The van der Waals surface area contributed by atoms with Crippen LogP contribution in [0.15, 0.2) is 65.6 Å². The lowest BCUT2D eigenvalue weighted by Crippen LogP contribution is -2.59. The summed E-state index contributed by atoms with van der Waals surface area (Å²) < 4.78 is 26.6. The average molecular weight is 417 g/mol. The number of nitrogens with one attached hydrogen (secondary N) is 3. The van der Waals surface area contributed by atoms with E-state index in [1.54, 1.807) is 37.3 Å². The van der Waals surface area contributed by atoms with Crippen molar-refractivity contribution >= 4 is 27.6 Å². The van der Waals surface area contributed by atoms with Gasteiger partial charge in [-0.3, -0.25) is 4.79 Å². The van der Waals surface area contributed by atoms with Crippen molar-refractivity contribution in [2.24, 2.45) is 0 Å². The van der Waals surface area contributed by atoms with Crippen LogP contribution in [-0.4, -0.2) is 49.8 Å². The highest BCUT2D eigenvalue weighted by molar-refractivity contribution is 7.89. The summed E-state index contributed by atoms with van der Waals surface area (Å²) in [5.74, 6) is -0.367. The molecule has 0 radical (unpaired) electrons. The second-order valence-electron chi connectivity index (χ2n) is 6.84. The summed E-state index contributed by atoms with van der Waals surface area (Å²) in [5.41, 5.74) is 0.665. The Kier molecular flexibility index (Phi) is 6.50. The number of para-hydroxylation sites is 1. The van der Waals surface area contributed by atoms with Crippen LogP contribution in [0.5, 0.6) is 0 Å². The van der Waals surface area contributed by atoms with Crippen LogP contribution in [-0.2, 0) is 14.8 Å². The van der Waals surface area contributed by atoms with E-state index in [1.807, 2.05) is 18.2 Å². The number of nitrogens with zero attached hydrogens (tertiary/aromatic N) is 1. The van der Waals surface area contributed by atoms with E-state index in [0.717, 1.165) is 0 Å². The Morgan fingerprint density at radius 3 is 2.28 bits per heavy atom. The fourth-order valence-electron chi connectivity index (χ4n) is 2.97. The Morgan fingerprint density at radius 2 is 1.69 bits per heavy atom. The summed E-state index contributed by atoms with van der Waals surface area (Å²) in [5, 5.41) is 8.14. The molecule has 154 valence electrons. The zero-order valence-corrected chi connectivity index (χ0v) is 16.9. The lowest BCUT2D eigenvalue weighted by Gasteiger charge is -2.38. The zero-order chi connectivity index (χ0) is 20.9. The highest BCUT2D eigenvalue weighted by Crippen LogP contribution is 2.27. The van der Waals surface area contributed by atoms with E-state index in [0.29, 0.717) is 18.7 Å². The fourth-order valence-corrected chi connectivity index (χ4v) is 4.63. The Labute approximate surface area is 170 Å². The van der Waals surface area contributed by atoms with Gasteiger partial charge in [0.1, 0.15) is 6.04 Å². The van der Waals surface area contributed by atoms with Gasteiger partial charge < -0.3 is 16.0 Å². The van der Waals surface area contributed by atoms with Crippen LogP contribution < -0.4 is 16.0 Å². The van der Waals surface area contributed by atoms with Gasteiger partial charge in [-0.2, -0.15) is 4.31 Å². The van der Waals surface area contributed by atoms with Crippen LogP contribution in [0.3, 0.4) is 0 Å². The van der Waals surface area contributed by atoms with Crippen molar-refractivity contribution in [1.29, 1.82) is 0 Å². The first kappa shape index (κ1) is 20.8. The Hall–Kier alpha value is -2.91. The molecule has 1 fully saturated rings. The molecule has 9 heteroatoms. The normalized spacial score (nSPS) is 17.6. The summed E-state index contributed by atoms with van der Waals surface area (Å²) >= 11 is 0. The second-order valence-corrected chi connectivity index (χ2v) is 8.73. The number of carbonyl (C=O) groups is 2. The molecule has 1 heterocycles. The summed E-state index contributed by atoms with van der Waals surface area (Å²) in [6, 6.07) is 15.6. The number of sulfonamides is 1. The average Bonchev–Trinajstić information content (AvgIpc) is 2.66. The molecule has 0 bridgehead atoms. The minimum Gasteiger partial charge on any atom is -0.350 e. The predicted octanol–water partition coefficient (Wildman–Crippen LogP) is 1.78. The molecule has 2 aromatic carbocycles. The molecule has 8 nitrogen and oxygen atoms in total. The van der Waals surface area contributed by atoms with Crippen LogP contribution in [0.1, 0.15) is 13.3 Å². The van der Waals surface area contributed by atoms with Crippen LogP contribution in [0.25, 0.3) is 0 Å². The lowest BCUT2D eigenvalue weighted by molar-refractivity contribution is -0.128. The summed E-state index contributed by atoms with van der Waals surface area (Å²) in [6.07, 6.45) is 0.465. The molecule has 3 amide bonds. The molecule has 0 saturated carbocycles. The molecule has 2 atom stereocenters. The van der Waals surface area contributed by atoms with Crippen LogP contribution in [0, 0.1) is 0 Å². The first-order valence-electron chi connectivity index (χ1n) is 9.35. The van der Waals surface area contributed by atoms with Gasteiger partial charge in [-0.15, -0.1) is 0 Å². The molecule has 0 aromatic heterocycles. The van der Waals surface area contributed by atoms with Crippen molar-refractivity contribution in [2.45, 2.75) is 30.3 Å². The van der Waals surface area contributed by atoms with Gasteiger partial charge in [0.2, 0.25) is 15.9 Å². The van der Waals surface area contributed by atoms with Gasteiger partial charge in [-0.1, -0.05) is 36.4 Å². The van der Waals surface area contributed by atoms with Gasteiger partial charge in [0, 0.05) is 24.8 Å². The molecule has 2 unspecified atom stereocenters. The van der Waals surface area contributed by atoms with Gasteiger partial charge >= 0.3 is 6.03 Å². The Balaban J connectivity index is 1.49. The number of rotatable bonds is 7. The summed E-state index contributed by atoms with van der Waals surface area (Å²) in [6.45, 7) is 2.26. The number of hydrogen-bond acceptors (Lipinski definition) is 4. The number of amides is 3. The number of urea groups is 1. The molecule has 3 rings (SSSR count). The second kappa shape index (κ2) is 9.06. The Bertz CT molecular complexity index is 951. The van der Waals surface area contributed by atoms with Crippen molar-refractivity contribution in [3.8, 4) is 0 Å². The maximum absolute atomic E-state index is 12.7. The first-order chi connectivity index (χ1) is 13.9. The number of hydrogen-bond donors (Lipinski definition) is 3. The minimum absolute atomic E-state index is 0.171. The van der Waals surface area contributed by atoms with E-state index in [4.69, 9.17) is 0 Å². The lowest BCUT2D eigenvalue weighted by atomic mass is 10.1. The van der Waals surface area contributed by atoms with Gasteiger partial charge in [0.05, 0.1) is 4.90 Å². The van der Waals surface area contributed by atoms with Gasteiger partial charge in [0.25, 0.3) is 0 Å². The van der Waals surface area contributed by atoms with Gasteiger partial charge in [-0.05, 0) is 37.6 Å². The molecule has 2 aromatic rings. The largest absolute Gasteiger partial charge is 0.350 e. The van der Waals surface area contributed by atoms with E-state index in [2.05, 4.69) is 16.0 Å². The van der Waals surface area contributed by atoms with E-state index in [9.17, 15) is 18.0 Å². The van der Waals surface area contributed by atoms with Crippen LogP contribution in [0.2, 0.25) is 0 Å². The quantitative estimate of drug-likeness (QED) is 0.639. The maximum atomic E-state index is 12.7. The van der Waals surface area contributed by atoms with Crippen molar-refractivity contribution < 1.29 is 18.0 Å². The molecule has 29 heavy (non-hydrogen) atoms. The van der Waals surface area contributed by atoms with Gasteiger partial charge in [0.15, 0.2) is 0 Å². The third kappa shape index (κ3) is 5.12. The van der Waals surface area contributed by atoms with E-state index in [-0.39, 0.29) is 29.4 Å². The molecule has 3 N–H and O–H groups in total. The monoisotopic (exact) mass is 416 g/mol. The Morgan fingerprint density at radius 1 is 1.07 bits per heavy atom. The number of benzene rings is 2. The van der Waals surface area contributed by atoms with Gasteiger partial charge in [-0.25, -0.2) is 13.2 Å². The van der Waals surface area contributed by atoms with E-state index >= 15 is 0 Å². The minimum atomic E-state index is -3.70. The molecule has 0 spiro atoms.